The van der Waals surface area contributed by atoms with Gasteiger partial charge in [0.25, 0.3) is 0 Å². The second-order valence-corrected chi connectivity index (χ2v) is 4.20. The molecule has 3 N–H and O–H groups in total. The average molecular weight is 221 g/mol. The van der Waals surface area contributed by atoms with Gasteiger partial charge >= 0.3 is 0 Å². The smallest absolute Gasteiger partial charge is 0.224 e. The molecule has 0 fully saturated rings. The summed E-state index contributed by atoms with van der Waals surface area (Å²) < 4.78 is 0. The molecule has 5 heteroatoms. The zero-order valence-electron chi connectivity index (χ0n) is 8.60. The lowest BCUT2D eigenvalue weighted by atomic mass is 9.93. The first-order valence-corrected chi connectivity index (χ1v) is 5.06. The van der Waals surface area contributed by atoms with Crippen LogP contribution in [0.5, 0.6) is 0 Å². The molecular formula is C9H17ClN2O2. The summed E-state index contributed by atoms with van der Waals surface area (Å²) in [5, 5.41) is 2.64. The van der Waals surface area contributed by atoms with Crippen LogP contribution in [0.2, 0.25) is 0 Å². The second kappa shape index (κ2) is 5.86. The summed E-state index contributed by atoms with van der Waals surface area (Å²) in [4.78, 5) is 22.0. The number of carbonyl (C=O) groups excluding carboxylic acids is 2. The molecule has 82 valence electrons. The van der Waals surface area contributed by atoms with Crippen molar-refractivity contribution in [1.29, 1.82) is 0 Å². The van der Waals surface area contributed by atoms with E-state index in [2.05, 4.69) is 5.32 Å². The summed E-state index contributed by atoms with van der Waals surface area (Å²) in [6, 6.07) is 0. The third-order valence-corrected chi connectivity index (χ3v) is 2.20. The first kappa shape index (κ1) is 13.2. The minimum Gasteiger partial charge on any atom is -0.369 e. The zero-order valence-corrected chi connectivity index (χ0v) is 9.36. The van der Waals surface area contributed by atoms with Gasteiger partial charge in [-0.25, -0.2) is 0 Å². The van der Waals surface area contributed by atoms with Gasteiger partial charge < -0.3 is 11.1 Å². The fourth-order valence-electron chi connectivity index (χ4n) is 0.722. The molecule has 0 aromatic rings. The third-order valence-electron chi connectivity index (χ3n) is 1.93. The largest absolute Gasteiger partial charge is 0.369 e. The molecule has 0 radical (unpaired) electrons. The van der Waals surface area contributed by atoms with E-state index in [1.54, 1.807) is 13.8 Å². The Hall–Kier alpha value is -0.770. The van der Waals surface area contributed by atoms with Gasteiger partial charge in [0.2, 0.25) is 11.8 Å². The van der Waals surface area contributed by atoms with Crippen molar-refractivity contribution in [2.24, 2.45) is 11.1 Å². The Labute approximate surface area is 89.2 Å². The Morgan fingerprint density at radius 3 is 2.43 bits per heavy atom. The van der Waals surface area contributed by atoms with Crippen LogP contribution in [0.3, 0.4) is 0 Å². The van der Waals surface area contributed by atoms with Crippen molar-refractivity contribution in [3.8, 4) is 0 Å². The number of hydrogen-bond donors (Lipinski definition) is 2. The van der Waals surface area contributed by atoms with E-state index in [0.717, 1.165) is 0 Å². The van der Waals surface area contributed by atoms with Gasteiger partial charge in [-0.3, -0.25) is 9.59 Å². The summed E-state index contributed by atoms with van der Waals surface area (Å²) in [5.74, 6) is -0.0535. The van der Waals surface area contributed by atoms with Gasteiger partial charge in [-0.05, 0) is 20.3 Å². The number of nitrogens with two attached hydrogens (primary N) is 1. The van der Waals surface area contributed by atoms with Gasteiger partial charge in [-0.2, -0.15) is 0 Å². The number of nitrogens with one attached hydrogen (secondary N) is 1. The maximum absolute atomic E-state index is 11.1. The average Bonchev–Trinajstić information content (AvgIpc) is 2.11. The maximum atomic E-state index is 11.1. The van der Waals surface area contributed by atoms with Gasteiger partial charge in [0, 0.05) is 18.8 Å². The molecule has 0 saturated heterocycles. The minimum atomic E-state index is -0.698. The molecule has 0 rings (SSSR count). The van der Waals surface area contributed by atoms with Crippen LogP contribution in [0, 0.1) is 5.41 Å². The molecule has 0 aliphatic rings. The van der Waals surface area contributed by atoms with Gasteiger partial charge in [-0.15, -0.1) is 11.6 Å². The number of hydrogen-bond acceptors (Lipinski definition) is 2. The molecule has 0 aliphatic heterocycles. The maximum Gasteiger partial charge on any atom is 0.224 e. The number of rotatable bonds is 6. The molecule has 0 atom stereocenters. The number of primary amides is 1. The normalized spacial score (nSPS) is 11.1. The van der Waals surface area contributed by atoms with E-state index in [1.165, 1.54) is 0 Å². The van der Waals surface area contributed by atoms with Crippen molar-refractivity contribution in [2.75, 3.05) is 12.4 Å². The Morgan fingerprint density at radius 2 is 2.00 bits per heavy atom. The van der Waals surface area contributed by atoms with E-state index >= 15 is 0 Å². The third kappa shape index (κ3) is 5.07. The Balaban J connectivity index is 3.82. The summed E-state index contributed by atoms with van der Waals surface area (Å²) in [6.45, 7) is 3.65. The summed E-state index contributed by atoms with van der Waals surface area (Å²) in [7, 11) is 0. The van der Waals surface area contributed by atoms with E-state index < -0.39 is 11.3 Å². The molecule has 0 aliphatic carbocycles. The molecule has 14 heavy (non-hydrogen) atoms. The van der Waals surface area contributed by atoms with Crippen LogP contribution in [0.25, 0.3) is 0 Å². The molecule has 0 aromatic carbocycles. The molecule has 0 spiro atoms. The Bertz CT molecular complexity index is 217. The van der Waals surface area contributed by atoms with E-state index in [4.69, 9.17) is 17.3 Å². The SMILES string of the molecule is CC(C)(CNC(=O)CCCCl)C(N)=O. The van der Waals surface area contributed by atoms with E-state index in [-0.39, 0.29) is 12.5 Å². The molecule has 4 nitrogen and oxygen atoms in total. The molecule has 0 aromatic heterocycles. The number of carbonyl (C=O) groups is 2. The summed E-state index contributed by atoms with van der Waals surface area (Å²) in [6.07, 6.45) is 1.03. The first-order chi connectivity index (χ1) is 6.40. The van der Waals surface area contributed by atoms with Crippen molar-refractivity contribution in [2.45, 2.75) is 26.7 Å². The van der Waals surface area contributed by atoms with E-state index in [0.29, 0.717) is 18.7 Å². The highest BCUT2D eigenvalue weighted by molar-refractivity contribution is 6.17. The van der Waals surface area contributed by atoms with Crippen LogP contribution in [0.4, 0.5) is 0 Å². The second-order valence-electron chi connectivity index (χ2n) is 3.82. The quantitative estimate of drug-likeness (QED) is 0.645. The fourth-order valence-corrected chi connectivity index (χ4v) is 0.856. The molecule has 0 saturated carbocycles. The number of amides is 2. The van der Waals surface area contributed by atoms with Crippen molar-refractivity contribution in [3.63, 3.8) is 0 Å². The Morgan fingerprint density at radius 1 is 1.43 bits per heavy atom. The predicted octanol–water partition coefficient (Wildman–Crippen LogP) is 0.633. The lowest BCUT2D eigenvalue weighted by molar-refractivity contribution is -0.127. The number of alkyl halides is 1. The van der Waals surface area contributed by atoms with Crippen LogP contribution < -0.4 is 11.1 Å². The molecule has 2 amide bonds. The van der Waals surface area contributed by atoms with Crippen molar-refractivity contribution < 1.29 is 9.59 Å². The highest BCUT2D eigenvalue weighted by atomic mass is 35.5. The van der Waals surface area contributed by atoms with Gasteiger partial charge in [-0.1, -0.05) is 0 Å². The van der Waals surface area contributed by atoms with Crippen LogP contribution in [-0.4, -0.2) is 24.2 Å². The molecule has 0 heterocycles. The highest BCUT2D eigenvalue weighted by Crippen LogP contribution is 2.11. The van der Waals surface area contributed by atoms with E-state index in [1.807, 2.05) is 0 Å². The van der Waals surface area contributed by atoms with Crippen LogP contribution in [0.1, 0.15) is 26.7 Å². The highest BCUT2D eigenvalue weighted by Gasteiger charge is 2.25. The summed E-state index contributed by atoms with van der Waals surface area (Å²) >= 11 is 5.43. The molecule has 0 bridgehead atoms. The van der Waals surface area contributed by atoms with Crippen LogP contribution in [0.15, 0.2) is 0 Å². The monoisotopic (exact) mass is 220 g/mol. The molecular weight excluding hydrogens is 204 g/mol. The van der Waals surface area contributed by atoms with Crippen LogP contribution >= 0.6 is 11.6 Å². The van der Waals surface area contributed by atoms with Crippen LogP contribution in [-0.2, 0) is 9.59 Å². The number of halogens is 1. The minimum absolute atomic E-state index is 0.0972. The first-order valence-electron chi connectivity index (χ1n) is 4.52. The Kier molecular flexibility index (Phi) is 5.53. The van der Waals surface area contributed by atoms with Crippen molar-refractivity contribution in [1.82, 2.24) is 5.32 Å². The lowest BCUT2D eigenvalue weighted by Crippen LogP contribution is -2.42. The van der Waals surface area contributed by atoms with Gasteiger partial charge in [0.05, 0.1) is 5.41 Å². The van der Waals surface area contributed by atoms with Crippen molar-refractivity contribution >= 4 is 23.4 Å². The van der Waals surface area contributed by atoms with Crippen molar-refractivity contribution in [3.05, 3.63) is 0 Å². The predicted molar refractivity (Wildman–Crippen MR) is 55.9 cm³/mol. The zero-order chi connectivity index (χ0) is 11.2. The van der Waals surface area contributed by atoms with Gasteiger partial charge in [0.1, 0.15) is 0 Å². The standard InChI is InChI=1S/C9H17ClN2O2/c1-9(2,8(11)14)6-12-7(13)4-3-5-10/h3-6H2,1-2H3,(H2,11,14)(H,12,13). The molecule has 0 unspecified atom stereocenters. The topological polar surface area (TPSA) is 72.2 Å². The van der Waals surface area contributed by atoms with Gasteiger partial charge in [0.15, 0.2) is 0 Å². The fraction of sp³-hybridized carbons (Fsp3) is 0.778. The lowest BCUT2D eigenvalue weighted by Gasteiger charge is -2.20. The van der Waals surface area contributed by atoms with E-state index in [9.17, 15) is 9.59 Å². The summed E-state index contributed by atoms with van der Waals surface area (Å²) in [5.41, 5.74) is 4.45.